The summed E-state index contributed by atoms with van der Waals surface area (Å²) in [6, 6.07) is 34.7. The molecule has 0 bridgehead atoms. The smallest absolute Gasteiger partial charge is 0.0736 e. The maximum atomic E-state index is 4.94. The van der Waals surface area contributed by atoms with Crippen LogP contribution in [-0.4, -0.2) is 11.2 Å². The Morgan fingerprint density at radius 2 is 1.00 bits per heavy atom. The van der Waals surface area contributed by atoms with Crippen LogP contribution in [0.3, 0.4) is 0 Å². The van der Waals surface area contributed by atoms with Crippen LogP contribution in [0, 0.1) is 0 Å². The molecule has 0 saturated heterocycles. The number of aromatic nitrogens is 1. The zero-order valence-corrected chi connectivity index (χ0v) is 18.9. The van der Waals surface area contributed by atoms with Gasteiger partial charge >= 0.3 is 0 Å². The highest BCUT2D eigenvalue weighted by Crippen LogP contribution is 2.42. The first-order valence-electron chi connectivity index (χ1n) is 12.0. The molecule has 0 radical (unpaired) electrons. The first kappa shape index (κ1) is 18.7. The summed E-state index contributed by atoms with van der Waals surface area (Å²) in [5, 5.41) is 12.6. The third-order valence-electron chi connectivity index (χ3n) is 7.46. The Kier molecular flexibility index (Phi) is 3.69. The lowest BCUT2D eigenvalue weighted by atomic mass is 9.91. The summed E-state index contributed by atoms with van der Waals surface area (Å²) in [5.74, 6) is 0. The third kappa shape index (κ3) is 2.51. The average molecular weight is 445 g/mol. The second-order valence-corrected chi connectivity index (χ2v) is 9.25. The molecule has 162 valence electrons. The molecule has 1 aromatic heterocycles. The van der Waals surface area contributed by atoms with Crippen LogP contribution < -0.4 is 0 Å². The molecule has 0 unspecified atom stereocenters. The molecule has 2 nitrogen and oxygen atoms in total. The minimum atomic E-state index is 1.00. The number of H-pyrrole nitrogens is 1. The largest absolute Gasteiger partial charge is 0.360 e. The predicted octanol–water partition coefficient (Wildman–Crippen LogP) is 8.71. The number of aromatic amines is 1. The van der Waals surface area contributed by atoms with Crippen molar-refractivity contribution < 1.29 is 0 Å². The van der Waals surface area contributed by atoms with Crippen LogP contribution in [0.15, 0.2) is 108 Å². The van der Waals surface area contributed by atoms with Crippen molar-refractivity contribution in [2.45, 2.75) is 0 Å². The van der Waals surface area contributed by atoms with Crippen molar-refractivity contribution in [2.75, 3.05) is 0 Å². The Morgan fingerprint density at radius 3 is 1.69 bits per heavy atom. The van der Waals surface area contributed by atoms with Gasteiger partial charge in [0.2, 0.25) is 0 Å². The molecule has 7 aromatic rings. The molecule has 2 heterocycles. The van der Waals surface area contributed by atoms with E-state index in [4.69, 9.17) is 4.99 Å². The van der Waals surface area contributed by atoms with Gasteiger partial charge < -0.3 is 4.98 Å². The van der Waals surface area contributed by atoms with Crippen molar-refractivity contribution in [3.05, 3.63) is 120 Å². The predicted molar refractivity (Wildman–Crippen MR) is 150 cm³/mol. The maximum Gasteiger partial charge on any atom is 0.0736 e. The highest BCUT2D eigenvalue weighted by Gasteiger charge is 2.21. The second-order valence-electron chi connectivity index (χ2n) is 9.25. The van der Waals surface area contributed by atoms with Crippen molar-refractivity contribution in [3.63, 3.8) is 0 Å². The van der Waals surface area contributed by atoms with Crippen molar-refractivity contribution >= 4 is 71.8 Å². The minimum absolute atomic E-state index is 1.00. The van der Waals surface area contributed by atoms with Gasteiger partial charge in [-0.3, -0.25) is 4.99 Å². The summed E-state index contributed by atoms with van der Waals surface area (Å²) >= 11 is 0. The van der Waals surface area contributed by atoms with E-state index in [1.54, 1.807) is 0 Å². The minimum Gasteiger partial charge on any atom is -0.360 e. The molecule has 0 saturated carbocycles. The highest BCUT2D eigenvalue weighted by molar-refractivity contribution is 6.28. The van der Waals surface area contributed by atoms with Gasteiger partial charge in [-0.15, -0.1) is 0 Å². The van der Waals surface area contributed by atoms with Crippen LogP contribution in [0.5, 0.6) is 0 Å². The quantitative estimate of drug-likeness (QED) is 0.245. The van der Waals surface area contributed by atoms with E-state index < -0.39 is 0 Å². The van der Waals surface area contributed by atoms with Crippen LogP contribution in [-0.2, 0) is 0 Å². The molecule has 1 N–H and O–H groups in total. The van der Waals surface area contributed by atoms with Gasteiger partial charge in [0.15, 0.2) is 0 Å². The van der Waals surface area contributed by atoms with Crippen molar-refractivity contribution in [2.24, 2.45) is 4.99 Å². The molecule has 35 heavy (non-hydrogen) atoms. The topological polar surface area (TPSA) is 28.1 Å². The molecule has 2 heteroatoms. The van der Waals surface area contributed by atoms with Gasteiger partial charge in [-0.05, 0) is 49.2 Å². The number of aliphatic imine (C=N–C) groups is 1. The molecular formula is C33H20N2. The summed E-state index contributed by atoms with van der Waals surface area (Å²) < 4.78 is 0. The number of fused-ring (bicyclic) bond motifs is 12. The zero-order valence-electron chi connectivity index (χ0n) is 18.9. The van der Waals surface area contributed by atoms with Crippen LogP contribution >= 0.6 is 0 Å². The molecule has 1 aliphatic rings. The second kappa shape index (κ2) is 6.91. The van der Waals surface area contributed by atoms with Crippen molar-refractivity contribution in [1.82, 2.24) is 4.98 Å². The van der Waals surface area contributed by atoms with Gasteiger partial charge in [0, 0.05) is 40.0 Å². The van der Waals surface area contributed by atoms with Crippen LogP contribution in [0.1, 0.15) is 16.8 Å². The van der Waals surface area contributed by atoms with E-state index in [-0.39, 0.29) is 0 Å². The van der Waals surface area contributed by atoms with Gasteiger partial charge in [-0.1, -0.05) is 97.1 Å². The van der Waals surface area contributed by atoms with Crippen LogP contribution in [0.2, 0.25) is 0 Å². The molecule has 0 fully saturated rings. The van der Waals surface area contributed by atoms with Gasteiger partial charge in [-0.2, -0.15) is 0 Å². The molecular weight excluding hydrogens is 424 g/mol. The van der Waals surface area contributed by atoms with E-state index in [2.05, 4.69) is 114 Å². The monoisotopic (exact) mass is 444 g/mol. The maximum absolute atomic E-state index is 4.94. The van der Waals surface area contributed by atoms with Crippen LogP contribution in [0.25, 0.3) is 65.6 Å². The van der Waals surface area contributed by atoms with E-state index in [0.717, 1.165) is 11.4 Å². The lowest BCUT2D eigenvalue weighted by molar-refractivity contribution is 1.39. The standard InChI is InChI=1S/C33H20N2/c1-3-13-24-20(9-1)22-11-5-7-15-26(22)32-28(24)18-34-30(32)17-31-33-27-16-8-6-12-23(27)21-10-2-4-14-25(21)29(33)19-35-31/h1-19,34H. The molecule has 8 rings (SSSR count). The number of hydrogen-bond donors (Lipinski definition) is 1. The van der Waals surface area contributed by atoms with Crippen molar-refractivity contribution in [3.8, 4) is 0 Å². The third-order valence-corrected chi connectivity index (χ3v) is 7.46. The summed E-state index contributed by atoms with van der Waals surface area (Å²) in [4.78, 5) is 8.53. The van der Waals surface area contributed by atoms with Gasteiger partial charge in [0.25, 0.3) is 0 Å². The Hall–Kier alpha value is -4.69. The van der Waals surface area contributed by atoms with Gasteiger partial charge in [0.1, 0.15) is 0 Å². The number of nitrogens with one attached hydrogen (secondary N) is 1. The SMILES string of the molecule is C1=NC(=Cc2[nH]cc3c4ccccc4c4ccccc4c23)c2c1c1ccccc1c1ccccc21. The zero-order chi connectivity index (χ0) is 22.9. The van der Waals surface area contributed by atoms with E-state index in [0.29, 0.717) is 0 Å². The Bertz CT molecular complexity index is 2050. The number of rotatable bonds is 1. The Balaban J connectivity index is 1.47. The highest BCUT2D eigenvalue weighted by atomic mass is 14.8. The fourth-order valence-corrected chi connectivity index (χ4v) is 5.97. The molecule has 0 spiro atoms. The van der Waals surface area contributed by atoms with E-state index in [1.165, 1.54) is 65.0 Å². The molecule has 0 atom stereocenters. The lowest BCUT2D eigenvalue weighted by Crippen LogP contribution is -1.90. The number of benzene rings is 6. The Labute approximate surface area is 201 Å². The average Bonchev–Trinajstić information content (AvgIpc) is 3.55. The van der Waals surface area contributed by atoms with Crippen LogP contribution in [0.4, 0.5) is 0 Å². The number of nitrogens with zero attached hydrogens (tertiary/aromatic N) is 1. The fraction of sp³-hybridized carbons (Fsp3) is 0. The lowest BCUT2D eigenvalue weighted by Gasteiger charge is -2.11. The first-order valence-corrected chi connectivity index (χ1v) is 12.0. The van der Waals surface area contributed by atoms with Gasteiger partial charge in [-0.25, -0.2) is 0 Å². The van der Waals surface area contributed by atoms with E-state index in [1.807, 2.05) is 6.21 Å². The first-order chi connectivity index (χ1) is 17.4. The van der Waals surface area contributed by atoms with Crippen molar-refractivity contribution in [1.29, 1.82) is 0 Å². The van der Waals surface area contributed by atoms with E-state index in [9.17, 15) is 0 Å². The fourth-order valence-electron chi connectivity index (χ4n) is 5.97. The summed E-state index contributed by atoms with van der Waals surface area (Å²) in [5.41, 5.74) is 4.52. The summed E-state index contributed by atoms with van der Waals surface area (Å²) in [6.07, 6.45) is 6.41. The summed E-state index contributed by atoms with van der Waals surface area (Å²) in [7, 11) is 0. The summed E-state index contributed by atoms with van der Waals surface area (Å²) in [6.45, 7) is 0. The Morgan fingerprint density at radius 1 is 0.514 bits per heavy atom. The molecule has 0 aliphatic carbocycles. The molecule has 0 amide bonds. The molecule has 1 aliphatic heterocycles. The van der Waals surface area contributed by atoms with Gasteiger partial charge in [0.05, 0.1) is 5.70 Å². The number of hydrogen-bond acceptors (Lipinski definition) is 1. The normalized spacial score (nSPS) is 14.2. The molecule has 6 aromatic carbocycles. The van der Waals surface area contributed by atoms with E-state index >= 15 is 0 Å².